The maximum atomic E-state index is 12.4. The minimum Gasteiger partial charge on any atom is -0.485 e. The molecular formula is C17H19NO5S. The van der Waals surface area contributed by atoms with Gasteiger partial charge in [0.2, 0.25) is 5.09 Å². The van der Waals surface area contributed by atoms with Crippen molar-refractivity contribution in [2.24, 2.45) is 0 Å². The highest BCUT2D eigenvalue weighted by Crippen LogP contribution is 2.24. The summed E-state index contributed by atoms with van der Waals surface area (Å²) in [5.41, 5.74) is 0.481. The molecule has 0 atom stereocenters. The molecule has 0 aliphatic carbocycles. The summed E-state index contributed by atoms with van der Waals surface area (Å²) >= 11 is 0. The summed E-state index contributed by atoms with van der Waals surface area (Å²) in [7, 11) is -3.57. The second-order valence-corrected chi connectivity index (χ2v) is 7.54. The van der Waals surface area contributed by atoms with Crippen LogP contribution in [0.4, 0.5) is 0 Å². The van der Waals surface area contributed by atoms with Gasteiger partial charge in [-0.2, -0.15) is 4.31 Å². The predicted molar refractivity (Wildman–Crippen MR) is 87.5 cm³/mol. The van der Waals surface area contributed by atoms with E-state index in [-0.39, 0.29) is 17.5 Å². The molecule has 0 saturated carbocycles. The summed E-state index contributed by atoms with van der Waals surface area (Å²) in [4.78, 5) is 11.6. The first-order chi connectivity index (χ1) is 11.5. The number of ketones is 1. The Labute approximate surface area is 141 Å². The third-order valence-corrected chi connectivity index (χ3v) is 5.71. The predicted octanol–water partition coefficient (Wildman–Crippen LogP) is 2.85. The van der Waals surface area contributed by atoms with Crippen molar-refractivity contribution in [1.29, 1.82) is 0 Å². The van der Waals surface area contributed by atoms with E-state index in [1.165, 1.54) is 17.3 Å². The fourth-order valence-electron chi connectivity index (χ4n) is 2.66. The fraction of sp³-hybridized carbons (Fsp3) is 0.353. The van der Waals surface area contributed by atoms with E-state index in [2.05, 4.69) is 0 Å². The molecule has 0 unspecified atom stereocenters. The van der Waals surface area contributed by atoms with Crippen molar-refractivity contribution in [3.05, 3.63) is 47.7 Å². The molecule has 1 aliphatic rings. The molecule has 0 spiro atoms. The SMILES string of the molecule is CC(=O)c1ccccc1OCc1ccc(S(=O)(=O)N2CCCC2)o1. The Morgan fingerprint density at radius 2 is 1.88 bits per heavy atom. The van der Waals surface area contributed by atoms with Crippen LogP contribution in [-0.4, -0.2) is 31.6 Å². The zero-order chi connectivity index (χ0) is 17.2. The molecule has 0 radical (unpaired) electrons. The van der Waals surface area contributed by atoms with Gasteiger partial charge in [-0.15, -0.1) is 0 Å². The van der Waals surface area contributed by atoms with Gasteiger partial charge in [0, 0.05) is 13.1 Å². The number of sulfonamides is 1. The average molecular weight is 349 g/mol. The number of Topliss-reactive ketones (excluding diaryl/α,β-unsaturated/α-hetero) is 1. The molecule has 0 bridgehead atoms. The molecule has 7 heteroatoms. The summed E-state index contributed by atoms with van der Waals surface area (Å²) < 4.78 is 37.3. The van der Waals surface area contributed by atoms with Gasteiger partial charge in [0.1, 0.15) is 18.1 Å². The fourth-order valence-corrected chi connectivity index (χ4v) is 4.11. The van der Waals surface area contributed by atoms with Crippen molar-refractivity contribution >= 4 is 15.8 Å². The van der Waals surface area contributed by atoms with Crippen LogP contribution < -0.4 is 4.74 Å². The number of furan rings is 1. The molecule has 0 N–H and O–H groups in total. The number of ether oxygens (including phenoxy) is 1. The van der Waals surface area contributed by atoms with Crippen molar-refractivity contribution in [1.82, 2.24) is 4.31 Å². The highest BCUT2D eigenvalue weighted by atomic mass is 32.2. The highest BCUT2D eigenvalue weighted by molar-refractivity contribution is 7.89. The van der Waals surface area contributed by atoms with Crippen LogP contribution in [-0.2, 0) is 16.6 Å². The van der Waals surface area contributed by atoms with Gasteiger partial charge in [-0.3, -0.25) is 4.79 Å². The van der Waals surface area contributed by atoms with Gasteiger partial charge in [-0.25, -0.2) is 8.42 Å². The quantitative estimate of drug-likeness (QED) is 0.750. The lowest BCUT2D eigenvalue weighted by atomic mass is 10.1. The molecule has 1 aromatic carbocycles. The van der Waals surface area contributed by atoms with Gasteiger partial charge < -0.3 is 9.15 Å². The van der Waals surface area contributed by atoms with Crippen LogP contribution in [0.2, 0.25) is 0 Å². The van der Waals surface area contributed by atoms with E-state index in [0.717, 1.165) is 12.8 Å². The van der Waals surface area contributed by atoms with E-state index in [1.807, 2.05) is 0 Å². The number of hydrogen-bond acceptors (Lipinski definition) is 5. The summed E-state index contributed by atoms with van der Waals surface area (Å²) in [6, 6.07) is 9.94. The molecule has 24 heavy (non-hydrogen) atoms. The molecule has 0 amide bonds. The van der Waals surface area contributed by atoms with E-state index in [0.29, 0.717) is 30.2 Å². The number of carbonyl (C=O) groups is 1. The molecular weight excluding hydrogens is 330 g/mol. The van der Waals surface area contributed by atoms with Gasteiger partial charge in [0.05, 0.1) is 5.56 Å². The second kappa shape index (κ2) is 6.78. The highest BCUT2D eigenvalue weighted by Gasteiger charge is 2.30. The third kappa shape index (κ3) is 3.37. The van der Waals surface area contributed by atoms with E-state index < -0.39 is 10.0 Å². The average Bonchev–Trinajstić information content (AvgIpc) is 3.25. The largest absolute Gasteiger partial charge is 0.485 e. The minimum atomic E-state index is -3.57. The number of hydrogen-bond donors (Lipinski definition) is 0. The molecule has 3 rings (SSSR count). The summed E-state index contributed by atoms with van der Waals surface area (Å²) in [6.45, 7) is 2.58. The van der Waals surface area contributed by atoms with E-state index in [9.17, 15) is 13.2 Å². The lowest BCUT2D eigenvalue weighted by Gasteiger charge is -2.12. The lowest BCUT2D eigenvalue weighted by Crippen LogP contribution is -2.27. The monoisotopic (exact) mass is 349 g/mol. The smallest absolute Gasteiger partial charge is 0.276 e. The van der Waals surface area contributed by atoms with Gasteiger partial charge in [-0.05, 0) is 44.0 Å². The maximum absolute atomic E-state index is 12.4. The lowest BCUT2D eigenvalue weighted by molar-refractivity contribution is 0.101. The van der Waals surface area contributed by atoms with Crippen molar-refractivity contribution in [3.8, 4) is 5.75 Å². The number of nitrogens with zero attached hydrogens (tertiary/aromatic N) is 1. The number of para-hydroxylation sites is 1. The minimum absolute atomic E-state index is 0.0554. The van der Waals surface area contributed by atoms with Crippen LogP contribution in [0, 0.1) is 0 Å². The van der Waals surface area contributed by atoms with Gasteiger partial charge in [-0.1, -0.05) is 12.1 Å². The van der Waals surface area contributed by atoms with E-state index >= 15 is 0 Å². The zero-order valence-corrected chi connectivity index (χ0v) is 14.2. The van der Waals surface area contributed by atoms with Crippen LogP contribution in [0.25, 0.3) is 0 Å². The Hall–Kier alpha value is -2.12. The number of benzene rings is 1. The second-order valence-electron chi connectivity index (χ2n) is 5.67. The van der Waals surface area contributed by atoms with Crippen molar-refractivity contribution in [3.63, 3.8) is 0 Å². The van der Waals surface area contributed by atoms with Crippen molar-refractivity contribution in [2.45, 2.75) is 31.5 Å². The van der Waals surface area contributed by atoms with Gasteiger partial charge >= 0.3 is 0 Å². The van der Waals surface area contributed by atoms with Crippen LogP contribution in [0.5, 0.6) is 5.75 Å². The Balaban J connectivity index is 1.72. The van der Waals surface area contributed by atoms with Crippen molar-refractivity contribution in [2.75, 3.05) is 13.1 Å². The summed E-state index contributed by atoms with van der Waals surface area (Å²) in [5, 5.41) is -0.0668. The molecule has 1 aromatic heterocycles. The summed E-state index contributed by atoms with van der Waals surface area (Å²) in [6.07, 6.45) is 1.75. The normalized spacial score (nSPS) is 15.5. The molecule has 6 nitrogen and oxygen atoms in total. The topological polar surface area (TPSA) is 76.8 Å². The Kier molecular flexibility index (Phi) is 4.73. The first-order valence-electron chi connectivity index (χ1n) is 7.80. The first-order valence-corrected chi connectivity index (χ1v) is 9.24. The third-order valence-electron chi connectivity index (χ3n) is 3.93. The van der Waals surface area contributed by atoms with Crippen LogP contribution in [0.1, 0.15) is 35.9 Å². The summed E-state index contributed by atoms with van der Waals surface area (Å²) in [5.74, 6) is 0.749. The number of carbonyl (C=O) groups excluding carboxylic acids is 1. The van der Waals surface area contributed by atoms with Gasteiger partial charge in [0.15, 0.2) is 5.78 Å². The molecule has 1 fully saturated rings. The molecule has 128 valence electrons. The van der Waals surface area contributed by atoms with E-state index in [1.54, 1.807) is 30.3 Å². The first kappa shape index (κ1) is 16.7. The molecule has 1 saturated heterocycles. The Bertz CT molecular complexity index is 834. The van der Waals surface area contributed by atoms with Crippen LogP contribution in [0.15, 0.2) is 45.9 Å². The molecule has 2 heterocycles. The standard InChI is InChI=1S/C17H19NO5S/c1-13(19)15-6-2-3-7-16(15)22-12-14-8-9-17(23-14)24(20,21)18-10-4-5-11-18/h2-3,6-9H,4-5,10-12H2,1H3. The zero-order valence-electron chi connectivity index (χ0n) is 13.4. The Morgan fingerprint density at radius 1 is 1.17 bits per heavy atom. The Morgan fingerprint density at radius 3 is 2.58 bits per heavy atom. The van der Waals surface area contributed by atoms with Crippen LogP contribution >= 0.6 is 0 Å². The number of rotatable bonds is 6. The van der Waals surface area contributed by atoms with Crippen LogP contribution in [0.3, 0.4) is 0 Å². The molecule has 2 aromatic rings. The van der Waals surface area contributed by atoms with Crippen molar-refractivity contribution < 1.29 is 22.4 Å². The van der Waals surface area contributed by atoms with E-state index in [4.69, 9.17) is 9.15 Å². The maximum Gasteiger partial charge on any atom is 0.276 e. The van der Waals surface area contributed by atoms with Gasteiger partial charge in [0.25, 0.3) is 10.0 Å². The molecule has 1 aliphatic heterocycles.